The molecule has 0 amide bonds. The van der Waals surface area contributed by atoms with Crippen molar-refractivity contribution in [1.29, 1.82) is 0 Å². The van der Waals surface area contributed by atoms with E-state index in [0.717, 1.165) is 19.2 Å². The average Bonchev–Trinajstić information content (AvgIpc) is 2.62. The Kier molecular flexibility index (Phi) is 5.73. The van der Waals surface area contributed by atoms with Gasteiger partial charge in [-0.3, -0.25) is 4.90 Å². The molecule has 1 unspecified atom stereocenters. The molecule has 0 spiro atoms. The van der Waals surface area contributed by atoms with Crippen LogP contribution in [-0.2, 0) is 12.6 Å². The molecule has 1 aliphatic heterocycles. The largest absolute Gasteiger partial charge is 0.416 e. The number of hydrogen-bond acceptors (Lipinski definition) is 5. The lowest BCUT2D eigenvalue weighted by Crippen LogP contribution is -2.49. The average molecular weight is 366 g/mol. The zero-order chi connectivity index (χ0) is 18.6. The molecular formula is C18H21F3N4O. The van der Waals surface area contributed by atoms with Crippen LogP contribution in [0.3, 0.4) is 0 Å². The Morgan fingerprint density at radius 3 is 2.31 bits per heavy atom. The van der Waals surface area contributed by atoms with Crippen LogP contribution in [0.2, 0.25) is 0 Å². The van der Waals surface area contributed by atoms with E-state index in [1.165, 1.54) is 12.1 Å². The van der Waals surface area contributed by atoms with Gasteiger partial charge in [0.1, 0.15) is 0 Å². The fraction of sp³-hybridized carbons (Fsp3) is 0.444. The molecule has 1 aromatic heterocycles. The van der Waals surface area contributed by atoms with Gasteiger partial charge in [0.2, 0.25) is 5.95 Å². The maximum Gasteiger partial charge on any atom is 0.416 e. The van der Waals surface area contributed by atoms with Gasteiger partial charge in [-0.2, -0.15) is 13.2 Å². The molecule has 3 rings (SSSR count). The van der Waals surface area contributed by atoms with Crippen LogP contribution in [0.5, 0.6) is 0 Å². The molecule has 26 heavy (non-hydrogen) atoms. The SMILES string of the molecule is OC(Cc1ccccc1C(F)(F)F)CN1CCN(c2ncccn2)CC1. The third kappa shape index (κ3) is 4.70. The Bertz CT molecular complexity index is 703. The molecule has 140 valence electrons. The number of hydrogen-bond donors (Lipinski definition) is 1. The molecule has 0 radical (unpaired) electrons. The minimum absolute atomic E-state index is 0.0162. The predicted molar refractivity (Wildman–Crippen MR) is 91.8 cm³/mol. The summed E-state index contributed by atoms with van der Waals surface area (Å²) < 4.78 is 39.2. The van der Waals surface area contributed by atoms with E-state index >= 15 is 0 Å². The molecule has 2 heterocycles. The van der Waals surface area contributed by atoms with Crippen LogP contribution in [0.4, 0.5) is 19.1 Å². The lowest BCUT2D eigenvalue weighted by Gasteiger charge is -2.35. The smallest absolute Gasteiger partial charge is 0.391 e. The van der Waals surface area contributed by atoms with E-state index in [9.17, 15) is 18.3 Å². The Balaban J connectivity index is 1.53. The molecule has 1 aliphatic rings. The lowest BCUT2D eigenvalue weighted by atomic mass is 10.0. The maximum absolute atomic E-state index is 13.1. The summed E-state index contributed by atoms with van der Waals surface area (Å²) >= 11 is 0. The second-order valence-electron chi connectivity index (χ2n) is 6.35. The second kappa shape index (κ2) is 8.01. The Hall–Kier alpha value is -2.19. The summed E-state index contributed by atoms with van der Waals surface area (Å²) in [6, 6.07) is 7.17. The summed E-state index contributed by atoms with van der Waals surface area (Å²) in [6.45, 7) is 3.19. The lowest BCUT2D eigenvalue weighted by molar-refractivity contribution is -0.138. The van der Waals surface area contributed by atoms with Crippen LogP contribution in [0.1, 0.15) is 11.1 Å². The summed E-state index contributed by atoms with van der Waals surface area (Å²) in [6.07, 6.45) is -1.89. The summed E-state index contributed by atoms with van der Waals surface area (Å²) in [7, 11) is 0. The monoisotopic (exact) mass is 366 g/mol. The van der Waals surface area contributed by atoms with E-state index in [0.29, 0.717) is 25.6 Å². The summed E-state index contributed by atoms with van der Waals surface area (Å²) in [4.78, 5) is 12.5. The minimum atomic E-state index is -4.41. The van der Waals surface area contributed by atoms with Gasteiger partial charge >= 0.3 is 6.18 Å². The zero-order valence-electron chi connectivity index (χ0n) is 14.2. The van der Waals surface area contributed by atoms with Crippen LogP contribution < -0.4 is 4.90 Å². The van der Waals surface area contributed by atoms with Crippen LogP contribution in [-0.4, -0.2) is 58.8 Å². The van der Waals surface area contributed by atoms with Gasteiger partial charge in [-0.15, -0.1) is 0 Å². The Morgan fingerprint density at radius 1 is 1.00 bits per heavy atom. The number of aromatic nitrogens is 2. The number of rotatable bonds is 5. The van der Waals surface area contributed by atoms with Crippen LogP contribution in [0.15, 0.2) is 42.7 Å². The van der Waals surface area contributed by atoms with Crippen molar-refractivity contribution in [2.75, 3.05) is 37.6 Å². The van der Waals surface area contributed by atoms with Gasteiger partial charge in [0, 0.05) is 51.5 Å². The number of aliphatic hydroxyl groups excluding tert-OH is 1. The van der Waals surface area contributed by atoms with Crippen LogP contribution in [0, 0.1) is 0 Å². The number of alkyl halides is 3. The Morgan fingerprint density at radius 2 is 1.65 bits per heavy atom. The fourth-order valence-electron chi connectivity index (χ4n) is 3.18. The third-order valence-corrected chi connectivity index (χ3v) is 4.45. The molecule has 0 aliphatic carbocycles. The van der Waals surface area contributed by atoms with Crippen molar-refractivity contribution in [1.82, 2.24) is 14.9 Å². The summed E-state index contributed by atoms with van der Waals surface area (Å²) in [5.74, 6) is 0.673. The van der Waals surface area contributed by atoms with Gasteiger partial charge in [0.25, 0.3) is 0 Å². The maximum atomic E-state index is 13.1. The van der Waals surface area contributed by atoms with Crippen LogP contribution in [0.25, 0.3) is 0 Å². The minimum Gasteiger partial charge on any atom is -0.391 e. The van der Waals surface area contributed by atoms with Crippen molar-refractivity contribution >= 4 is 5.95 Å². The van der Waals surface area contributed by atoms with Crippen molar-refractivity contribution in [2.24, 2.45) is 0 Å². The molecule has 5 nitrogen and oxygen atoms in total. The van der Waals surface area contributed by atoms with E-state index in [1.54, 1.807) is 24.5 Å². The van der Waals surface area contributed by atoms with E-state index in [-0.39, 0.29) is 12.0 Å². The molecule has 1 atom stereocenters. The number of anilines is 1. The highest BCUT2D eigenvalue weighted by Crippen LogP contribution is 2.32. The van der Waals surface area contributed by atoms with E-state index in [2.05, 4.69) is 19.8 Å². The third-order valence-electron chi connectivity index (χ3n) is 4.45. The second-order valence-corrected chi connectivity index (χ2v) is 6.35. The predicted octanol–water partition coefficient (Wildman–Crippen LogP) is 2.22. The number of aliphatic hydroxyl groups is 1. The van der Waals surface area contributed by atoms with Gasteiger partial charge in [0.15, 0.2) is 0 Å². The number of β-amino-alcohol motifs (C(OH)–C–C–N with tert-alkyl or cyclic N) is 1. The van der Waals surface area contributed by atoms with Crippen molar-refractivity contribution in [3.63, 3.8) is 0 Å². The standard InChI is InChI=1S/C18H21F3N4O/c19-18(20,21)16-5-2-1-4-14(16)12-15(26)13-24-8-10-25(11-9-24)17-22-6-3-7-23-17/h1-7,15,26H,8-13H2. The molecule has 0 bridgehead atoms. The Labute approximate surface area is 150 Å². The zero-order valence-corrected chi connectivity index (χ0v) is 14.2. The molecular weight excluding hydrogens is 345 g/mol. The fourth-order valence-corrected chi connectivity index (χ4v) is 3.18. The molecule has 0 saturated carbocycles. The molecule has 1 aromatic carbocycles. The number of benzene rings is 1. The molecule has 8 heteroatoms. The molecule has 2 aromatic rings. The highest BCUT2D eigenvalue weighted by atomic mass is 19.4. The normalized spacial score (nSPS) is 17.3. The molecule has 1 saturated heterocycles. The van der Waals surface area contributed by atoms with Gasteiger partial charge in [-0.25, -0.2) is 9.97 Å². The first-order valence-electron chi connectivity index (χ1n) is 8.51. The molecule has 1 N–H and O–H groups in total. The molecule has 1 fully saturated rings. The summed E-state index contributed by atoms with van der Waals surface area (Å²) in [5.41, 5.74) is -0.547. The van der Waals surface area contributed by atoms with Crippen molar-refractivity contribution in [3.8, 4) is 0 Å². The number of piperazine rings is 1. The van der Waals surface area contributed by atoms with E-state index in [4.69, 9.17) is 0 Å². The van der Waals surface area contributed by atoms with E-state index in [1.807, 2.05) is 0 Å². The van der Waals surface area contributed by atoms with Gasteiger partial charge in [-0.1, -0.05) is 18.2 Å². The number of halogens is 3. The summed E-state index contributed by atoms with van der Waals surface area (Å²) in [5, 5.41) is 10.3. The van der Waals surface area contributed by atoms with Crippen molar-refractivity contribution in [3.05, 3.63) is 53.9 Å². The first-order chi connectivity index (χ1) is 12.4. The first kappa shape index (κ1) is 18.6. The van der Waals surface area contributed by atoms with Gasteiger partial charge in [0.05, 0.1) is 11.7 Å². The van der Waals surface area contributed by atoms with Crippen molar-refractivity contribution < 1.29 is 18.3 Å². The quantitative estimate of drug-likeness (QED) is 0.880. The highest BCUT2D eigenvalue weighted by molar-refractivity contribution is 5.31. The number of nitrogens with zero attached hydrogens (tertiary/aromatic N) is 4. The van der Waals surface area contributed by atoms with Gasteiger partial charge < -0.3 is 10.0 Å². The topological polar surface area (TPSA) is 52.5 Å². The van der Waals surface area contributed by atoms with Crippen molar-refractivity contribution in [2.45, 2.75) is 18.7 Å². The van der Waals surface area contributed by atoms with Gasteiger partial charge in [-0.05, 0) is 17.7 Å². The van der Waals surface area contributed by atoms with E-state index < -0.39 is 17.8 Å². The first-order valence-corrected chi connectivity index (χ1v) is 8.51. The highest BCUT2D eigenvalue weighted by Gasteiger charge is 2.33. The van der Waals surface area contributed by atoms with Crippen LogP contribution >= 0.6 is 0 Å².